The Labute approximate surface area is 170 Å². The Kier molecular flexibility index (Phi) is 7.74. The SMILES string of the molecule is CNS(=O)(=O)c1cc(NC(=O)COC(=O)CCOc2ccc(C)cc2)ccc1C. The molecule has 0 aliphatic rings. The summed E-state index contributed by atoms with van der Waals surface area (Å²) in [6.45, 7) is 3.26. The summed E-state index contributed by atoms with van der Waals surface area (Å²) in [7, 11) is -2.34. The van der Waals surface area contributed by atoms with Gasteiger partial charge in [-0.05, 0) is 50.7 Å². The van der Waals surface area contributed by atoms with E-state index in [1.54, 1.807) is 31.2 Å². The molecule has 0 bridgehead atoms. The van der Waals surface area contributed by atoms with E-state index in [1.165, 1.54) is 13.1 Å². The third kappa shape index (κ3) is 6.88. The third-order valence-electron chi connectivity index (χ3n) is 3.99. The van der Waals surface area contributed by atoms with E-state index in [2.05, 4.69) is 10.0 Å². The molecule has 0 radical (unpaired) electrons. The van der Waals surface area contributed by atoms with E-state index < -0.39 is 28.5 Å². The van der Waals surface area contributed by atoms with Crippen LogP contribution in [0.5, 0.6) is 5.75 Å². The molecule has 2 rings (SSSR count). The summed E-state index contributed by atoms with van der Waals surface area (Å²) >= 11 is 0. The van der Waals surface area contributed by atoms with Crippen molar-refractivity contribution in [1.82, 2.24) is 4.72 Å². The summed E-state index contributed by atoms with van der Waals surface area (Å²) in [5.41, 5.74) is 1.93. The number of sulfonamides is 1. The maximum atomic E-state index is 12.0. The number of hydrogen-bond donors (Lipinski definition) is 2. The molecule has 29 heavy (non-hydrogen) atoms. The first kappa shape index (κ1) is 22.4. The fourth-order valence-corrected chi connectivity index (χ4v) is 3.37. The average molecular weight is 420 g/mol. The molecule has 0 aliphatic carbocycles. The van der Waals surface area contributed by atoms with Crippen molar-refractivity contribution in [3.05, 3.63) is 53.6 Å². The lowest BCUT2D eigenvalue weighted by molar-refractivity contribution is -0.147. The predicted octanol–water partition coefficient (Wildman–Crippen LogP) is 2.16. The van der Waals surface area contributed by atoms with Crippen LogP contribution in [0.2, 0.25) is 0 Å². The van der Waals surface area contributed by atoms with Crippen LogP contribution in [-0.2, 0) is 24.3 Å². The maximum Gasteiger partial charge on any atom is 0.309 e. The fraction of sp³-hybridized carbons (Fsp3) is 0.300. The van der Waals surface area contributed by atoms with Crippen LogP contribution < -0.4 is 14.8 Å². The zero-order chi connectivity index (χ0) is 21.4. The zero-order valence-corrected chi connectivity index (χ0v) is 17.3. The van der Waals surface area contributed by atoms with E-state index in [4.69, 9.17) is 9.47 Å². The van der Waals surface area contributed by atoms with Crippen LogP contribution in [0.15, 0.2) is 47.4 Å². The second-order valence-electron chi connectivity index (χ2n) is 6.31. The number of anilines is 1. The monoisotopic (exact) mass is 420 g/mol. The van der Waals surface area contributed by atoms with E-state index in [0.29, 0.717) is 11.3 Å². The van der Waals surface area contributed by atoms with Gasteiger partial charge in [0.1, 0.15) is 5.75 Å². The fourth-order valence-electron chi connectivity index (χ4n) is 2.38. The largest absolute Gasteiger partial charge is 0.493 e. The van der Waals surface area contributed by atoms with Gasteiger partial charge in [-0.25, -0.2) is 13.1 Å². The maximum absolute atomic E-state index is 12.0. The normalized spacial score (nSPS) is 11.0. The highest BCUT2D eigenvalue weighted by Crippen LogP contribution is 2.20. The van der Waals surface area contributed by atoms with Gasteiger partial charge in [0.05, 0.1) is 17.9 Å². The van der Waals surface area contributed by atoms with Crippen LogP contribution in [0.4, 0.5) is 5.69 Å². The van der Waals surface area contributed by atoms with Gasteiger partial charge in [-0.15, -0.1) is 0 Å². The van der Waals surface area contributed by atoms with Gasteiger partial charge >= 0.3 is 5.97 Å². The Morgan fingerprint density at radius 1 is 1.03 bits per heavy atom. The molecule has 2 aromatic carbocycles. The summed E-state index contributed by atoms with van der Waals surface area (Å²) in [6.07, 6.45) is -0.00372. The van der Waals surface area contributed by atoms with Crippen LogP contribution in [0.1, 0.15) is 17.5 Å². The number of aryl methyl sites for hydroxylation is 2. The van der Waals surface area contributed by atoms with Gasteiger partial charge < -0.3 is 14.8 Å². The Hall–Kier alpha value is -2.91. The van der Waals surface area contributed by atoms with Crippen LogP contribution in [0.3, 0.4) is 0 Å². The topological polar surface area (TPSA) is 111 Å². The highest BCUT2D eigenvalue weighted by molar-refractivity contribution is 7.89. The minimum atomic E-state index is -3.65. The van der Waals surface area contributed by atoms with Crippen LogP contribution in [0.25, 0.3) is 0 Å². The molecule has 0 aliphatic heterocycles. The van der Waals surface area contributed by atoms with Crippen molar-refractivity contribution in [2.45, 2.75) is 25.2 Å². The van der Waals surface area contributed by atoms with Crippen LogP contribution in [0, 0.1) is 13.8 Å². The number of nitrogens with one attached hydrogen (secondary N) is 2. The molecule has 2 N–H and O–H groups in total. The third-order valence-corrected chi connectivity index (χ3v) is 5.55. The Morgan fingerprint density at radius 2 is 1.72 bits per heavy atom. The molecule has 8 nitrogen and oxygen atoms in total. The number of esters is 1. The standard InChI is InChI=1S/C20H24N2O6S/c1-14-4-8-17(9-5-14)27-11-10-20(24)28-13-19(23)22-16-7-6-15(2)18(12-16)29(25,26)21-3/h4-9,12,21H,10-11,13H2,1-3H3,(H,22,23). The number of amides is 1. The molecule has 0 atom stereocenters. The average Bonchev–Trinajstić information content (AvgIpc) is 2.69. The number of hydrogen-bond acceptors (Lipinski definition) is 6. The summed E-state index contributed by atoms with van der Waals surface area (Å²) in [5.74, 6) is -0.503. The van der Waals surface area contributed by atoms with Gasteiger partial charge in [0.2, 0.25) is 10.0 Å². The summed E-state index contributed by atoms with van der Waals surface area (Å²) in [6, 6.07) is 11.9. The van der Waals surface area contributed by atoms with Crippen LogP contribution >= 0.6 is 0 Å². The van der Waals surface area contributed by atoms with E-state index in [-0.39, 0.29) is 23.6 Å². The molecule has 0 saturated heterocycles. The van der Waals surface area contributed by atoms with Crippen molar-refractivity contribution < 1.29 is 27.5 Å². The predicted molar refractivity (Wildman–Crippen MR) is 108 cm³/mol. The molecule has 0 unspecified atom stereocenters. The lowest BCUT2D eigenvalue weighted by atomic mass is 10.2. The molecule has 0 aromatic heterocycles. The molecule has 1 amide bonds. The number of ether oxygens (including phenoxy) is 2. The lowest BCUT2D eigenvalue weighted by Gasteiger charge is -2.11. The Balaban J connectivity index is 1.80. The van der Waals surface area contributed by atoms with E-state index in [0.717, 1.165) is 5.56 Å². The van der Waals surface area contributed by atoms with Crippen molar-refractivity contribution in [3.8, 4) is 5.75 Å². The van der Waals surface area contributed by atoms with Crippen molar-refractivity contribution in [2.75, 3.05) is 25.6 Å². The molecule has 0 heterocycles. The van der Waals surface area contributed by atoms with Crippen molar-refractivity contribution >= 4 is 27.6 Å². The van der Waals surface area contributed by atoms with Gasteiger partial charge in [-0.2, -0.15) is 0 Å². The summed E-state index contributed by atoms with van der Waals surface area (Å²) in [4.78, 5) is 23.8. The number of rotatable bonds is 9. The molecule has 156 valence electrons. The first-order valence-electron chi connectivity index (χ1n) is 8.90. The van der Waals surface area contributed by atoms with Gasteiger partial charge in [-0.1, -0.05) is 23.8 Å². The Bertz CT molecular complexity index is 971. The first-order chi connectivity index (χ1) is 13.7. The van der Waals surface area contributed by atoms with Gasteiger partial charge in [0, 0.05) is 5.69 Å². The number of carbonyl (C=O) groups excluding carboxylic acids is 2. The van der Waals surface area contributed by atoms with E-state index in [9.17, 15) is 18.0 Å². The minimum absolute atomic E-state index is 0.00372. The van der Waals surface area contributed by atoms with Gasteiger partial charge in [-0.3, -0.25) is 9.59 Å². The quantitative estimate of drug-likeness (QED) is 0.602. The van der Waals surface area contributed by atoms with Crippen molar-refractivity contribution in [1.29, 1.82) is 0 Å². The lowest BCUT2D eigenvalue weighted by Crippen LogP contribution is -2.23. The van der Waals surface area contributed by atoms with Gasteiger partial charge in [0.25, 0.3) is 5.91 Å². The second kappa shape index (κ2) is 10.0. The second-order valence-corrected chi connectivity index (χ2v) is 8.16. The molecular weight excluding hydrogens is 396 g/mol. The van der Waals surface area contributed by atoms with E-state index in [1.807, 2.05) is 19.1 Å². The molecule has 9 heteroatoms. The summed E-state index contributed by atoms with van der Waals surface area (Å²) in [5, 5.41) is 2.51. The van der Waals surface area contributed by atoms with E-state index >= 15 is 0 Å². The number of benzene rings is 2. The molecule has 0 fully saturated rings. The highest BCUT2D eigenvalue weighted by Gasteiger charge is 2.16. The van der Waals surface area contributed by atoms with Crippen molar-refractivity contribution in [2.24, 2.45) is 0 Å². The van der Waals surface area contributed by atoms with Crippen molar-refractivity contribution in [3.63, 3.8) is 0 Å². The highest BCUT2D eigenvalue weighted by atomic mass is 32.2. The first-order valence-corrected chi connectivity index (χ1v) is 10.4. The smallest absolute Gasteiger partial charge is 0.309 e. The van der Waals surface area contributed by atoms with Gasteiger partial charge in [0.15, 0.2) is 6.61 Å². The van der Waals surface area contributed by atoms with Crippen LogP contribution in [-0.4, -0.2) is 40.6 Å². The Morgan fingerprint density at radius 3 is 2.38 bits per heavy atom. The molecule has 0 spiro atoms. The molecular formula is C20H24N2O6S. The summed E-state index contributed by atoms with van der Waals surface area (Å²) < 4.78 is 36.6. The zero-order valence-electron chi connectivity index (χ0n) is 16.5. The minimum Gasteiger partial charge on any atom is -0.493 e. The molecule has 2 aromatic rings. The molecule has 0 saturated carbocycles. The number of carbonyl (C=O) groups is 2.